The maximum atomic E-state index is 12.7. The maximum absolute atomic E-state index is 12.7. The van der Waals surface area contributed by atoms with E-state index in [4.69, 9.17) is 4.74 Å². The Morgan fingerprint density at radius 3 is 2.65 bits per heavy atom. The van der Waals surface area contributed by atoms with E-state index in [-0.39, 0.29) is 22.9 Å². The van der Waals surface area contributed by atoms with Crippen LogP contribution in [0.3, 0.4) is 0 Å². The first kappa shape index (κ1) is 21.7. The van der Waals surface area contributed by atoms with Crippen LogP contribution in [0.15, 0.2) is 11.6 Å². The molecule has 0 amide bonds. The normalized spacial score (nSPS) is 42.9. The Kier molecular flexibility index (Phi) is 5.82. The van der Waals surface area contributed by atoms with Gasteiger partial charge in [0.05, 0.1) is 6.42 Å². The lowest BCUT2D eigenvalue weighted by Crippen LogP contribution is -2.51. The van der Waals surface area contributed by atoms with E-state index in [0.29, 0.717) is 24.0 Å². The summed E-state index contributed by atoms with van der Waals surface area (Å²) in [5, 5.41) is 0. The van der Waals surface area contributed by atoms with Crippen LogP contribution in [0.25, 0.3) is 0 Å². The van der Waals surface area contributed by atoms with Crippen LogP contribution in [0.5, 0.6) is 0 Å². The van der Waals surface area contributed by atoms with Crippen molar-refractivity contribution in [3.05, 3.63) is 11.6 Å². The molecule has 0 radical (unpaired) electrons. The second-order valence-corrected chi connectivity index (χ2v) is 11.7. The molecular weight excluding hydrogens is 386 g/mol. The number of allylic oxidation sites excluding steroid dienone is 1. The van der Waals surface area contributed by atoms with Crippen molar-refractivity contribution in [2.24, 2.45) is 28.6 Å². The third-order valence-corrected chi connectivity index (χ3v) is 10.2. The first-order valence-corrected chi connectivity index (χ1v) is 13.1. The number of piperidine rings is 1. The van der Waals surface area contributed by atoms with Gasteiger partial charge in [-0.05, 0) is 100 Å². The van der Waals surface area contributed by atoms with Gasteiger partial charge in [0.15, 0.2) is 5.78 Å². The molecule has 5 aliphatic rings. The van der Waals surface area contributed by atoms with Crippen LogP contribution >= 0.6 is 0 Å². The molecule has 4 aliphatic carbocycles. The number of ketones is 1. The number of carbonyl (C=O) groups excluding carboxylic acids is 2. The number of likely N-dealkylation sites (tertiary alicyclic amines) is 1. The van der Waals surface area contributed by atoms with Crippen LogP contribution in [-0.2, 0) is 14.3 Å². The average molecular weight is 428 g/mol. The van der Waals surface area contributed by atoms with E-state index >= 15 is 0 Å². The second kappa shape index (κ2) is 8.32. The van der Waals surface area contributed by atoms with Gasteiger partial charge in [-0.1, -0.05) is 25.8 Å². The topological polar surface area (TPSA) is 46.6 Å². The standard InChI is InChI=1S/C27H41NO3/c1-26-13-10-20(29)18-19(26)6-7-21-22-8-9-24(27(22,2)14-11-23(21)26)31-25(30)12-17-28-15-4-3-5-16-28/h18,21-24H,3-17H2,1-2H3/t21-,22-,23+,24-,26-,27-/m0/s1. The predicted molar refractivity (Wildman–Crippen MR) is 121 cm³/mol. The number of ether oxygens (including phenoxy) is 1. The van der Waals surface area contributed by atoms with Crippen molar-refractivity contribution in [3.63, 3.8) is 0 Å². The van der Waals surface area contributed by atoms with Crippen molar-refractivity contribution in [1.82, 2.24) is 4.90 Å². The van der Waals surface area contributed by atoms with Crippen LogP contribution in [0.4, 0.5) is 0 Å². The van der Waals surface area contributed by atoms with Crippen LogP contribution in [-0.4, -0.2) is 42.4 Å². The number of hydrogen-bond donors (Lipinski definition) is 0. The molecule has 0 unspecified atom stereocenters. The Hall–Kier alpha value is -1.16. The molecule has 172 valence electrons. The van der Waals surface area contributed by atoms with Gasteiger partial charge in [-0.25, -0.2) is 0 Å². The lowest BCUT2D eigenvalue weighted by atomic mass is 9.47. The molecule has 0 bridgehead atoms. The molecule has 0 spiro atoms. The largest absolute Gasteiger partial charge is 0.462 e. The molecule has 0 N–H and O–H groups in total. The summed E-state index contributed by atoms with van der Waals surface area (Å²) in [4.78, 5) is 27.2. The fourth-order valence-electron chi connectivity index (χ4n) is 8.35. The van der Waals surface area contributed by atoms with Gasteiger partial charge in [-0.3, -0.25) is 9.59 Å². The quantitative estimate of drug-likeness (QED) is 0.571. The summed E-state index contributed by atoms with van der Waals surface area (Å²) >= 11 is 0. The van der Waals surface area contributed by atoms with Crippen molar-refractivity contribution in [3.8, 4) is 0 Å². The van der Waals surface area contributed by atoms with E-state index in [2.05, 4.69) is 18.7 Å². The Bertz CT molecular complexity index is 754. The molecule has 1 saturated heterocycles. The highest BCUT2D eigenvalue weighted by Gasteiger charge is 2.59. The van der Waals surface area contributed by atoms with Gasteiger partial charge in [-0.2, -0.15) is 0 Å². The fourth-order valence-corrected chi connectivity index (χ4v) is 8.35. The molecule has 0 aromatic carbocycles. The smallest absolute Gasteiger partial charge is 0.307 e. The Morgan fingerprint density at radius 1 is 1.03 bits per heavy atom. The van der Waals surface area contributed by atoms with Crippen molar-refractivity contribution in [1.29, 1.82) is 0 Å². The summed E-state index contributed by atoms with van der Waals surface area (Å²) in [5.41, 5.74) is 1.80. The van der Waals surface area contributed by atoms with Gasteiger partial charge in [0, 0.05) is 18.4 Å². The minimum atomic E-state index is 0.0196. The first-order valence-electron chi connectivity index (χ1n) is 13.1. The number of carbonyl (C=O) groups is 2. The maximum Gasteiger partial charge on any atom is 0.307 e. The van der Waals surface area contributed by atoms with Gasteiger partial charge in [-0.15, -0.1) is 0 Å². The summed E-state index contributed by atoms with van der Waals surface area (Å²) in [7, 11) is 0. The summed E-state index contributed by atoms with van der Waals surface area (Å²) in [6.45, 7) is 8.00. The molecule has 0 aromatic rings. The van der Waals surface area contributed by atoms with E-state index in [1.54, 1.807) is 0 Å². The number of hydrogen-bond acceptors (Lipinski definition) is 4. The van der Waals surface area contributed by atoms with E-state index < -0.39 is 0 Å². The van der Waals surface area contributed by atoms with E-state index in [1.807, 2.05) is 6.08 Å². The molecule has 5 rings (SSSR count). The molecule has 4 nitrogen and oxygen atoms in total. The Balaban J connectivity index is 1.23. The van der Waals surface area contributed by atoms with Crippen LogP contribution < -0.4 is 0 Å². The van der Waals surface area contributed by atoms with Crippen LogP contribution in [0.1, 0.15) is 90.9 Å². The molecule has 31 heavy (non-hydrogen) atoms. The molecule has 1 aliphatic heterocycles. The van der Waals surface area contributed by atoms with Gasteiger partial charge in [0.1, 0.15) is 6.10 Å². The lowest BCUT2D eigenvalue weighted by Gasteiger charge is -2.57. The van der Waals surface area contributed by atoms with Gasteiger partial charge in [0.25, 0.3) is 0 Å². The van der Waals surface area contributed by atoms with Gasteiger partial charge < -0.3 is 9.64 Å². The van der Waals surface area contributed by atoms with Crippen molar-refractivity contribution < 1.29 is 14.3 Å². The lowest BCUT2D eigenvalue weighted by molar-refractivity contribution is -0.160. The summed E-state index contributed by atoms with van der Waals surface area (Å²) in [5.74, 6) is 2.45. The third-order valence-electron chi connectivity index (χ3n) is 10.2. The highest BCUT2D eigenvalue weighted by Crippen LogP contribution is 2.65. The summed E-state index contributed by atoms with van der Waals surface area (Å²) in [6.07, 6.45) is 15.2. The molecule has 6 atom stereocenters. The van der Waals surface area contributed by atoms with E-state index in [9.17, 15) is 9.59 Å². The van der Waals surface area contributed by atoms with Crippen molar-refractivity contribution in [2.75, 3.05) is 19.6 Å². The first-order chi connectivity index (χ1) is 14.9. The molecule has 4 heteroatoms. The zero-order valence-corrected chi connectivity index (χ0v) is 19.7. The summed E-state index contributed by atoms with van der Waals surface area (Å²) < 4.78 is 6.18. The predicted octanol–water partition coefficient (Wildman–Crippen LogP) is 5.31. The molecule has 4 fully saturated rings. The SMILES string of the molecule is C[C@]12CC[C@@H]3[C@@H](CCC4=CC(=O)CC[C@@]43C)[C@@H]1CC[C@@H]2OC(=O)CCN1CCCCC1. The highest BCUT2D eigenvalue weighted by atomic mass is 16.5. The van der Waals surface area contributed by atoms with Gasteiger partial charge >= 0.3 is 5.97 Å². The zero-order valence-electron chi connectivity index (χ0n) is 19.7. The van der Waals surface area contributed by atoms with Gasteiger partial charge in [0.2, 0.25) is 0 Å². The van der Waals surface area contributed by atoms with E-state index in [0.717, 1.165) is 51.2 Å². The highest BCUT2D eigenvalue weighted by molar-refractivity contribution is 5.91. The minimum Gasteiger partial charge on any atom is -0.462 e. The number of rotatable bonds is 4. The van der Waals surface area contributed by atoms with Crippen molar-refractivity contribution in [2.45, 2.75) is 97.0 Å². The minimum absolute atomic E-state index is 0.0196. The Labute approximate surface area is 188 Å². The monoisotopic (exact) mass is 427 g/mol. The van der Waals surface area contributed by atoms with Crippen LogP contribution in [0.2, 0.25) is 0 Å². The third kappa shape index (κ3) is 3.81. The number of fused-ring (bicyclic) bond motifs is 5. The van der Waals surface area contributed by atoms with E-state index in [1.165, 1.54) is 50.5 Å². The summed E-state index contributed by atoms with van der Waals surface area (Å²) in [6, 6.07) is 0. The molecule has 1 heterocycles. The van der Waals surface area contributed by atoms with Crippen LogP contribution in [0, 0.1) is 28.6 Å². The average Bonchev–Trinajstić information content (AvgIpc) is 3.10. The fraction of sp³-hybridized carbons (Fsp3) is 0.852. The second-order valence-electron chi connectivity index (χ2n) is 11.7. The number of esters is 1. The molecule has 3 saturated carbocycles. The number of nitrogens with zero attached hydrogens (tertiary/aromatic N) is 1. The Morgan fingerprint density at radius 2 is 1.84 bits per heavy atom. The molecule has 0 aromatic heterocycles. The van der Waals surface area contributed by atoms with Crippen molar-refractivity contribution >= 4 is 11.8 Å². The zero-order chi connectivity index (χ0) is 21.6. The molecular formula is C27H41NO3.